The lowest BCUT2D eigenvalue weighted by atomic mass is 9.74. The number of halogens is 1. The van der Waals surface area contributed by atoms with Gasteiger partial charge in [-0.15, -0.1) is 6.42 Å². The van der Waals surface area contributed by atoms with Crippen molar-refractivity contribution in [1.82, 2.24) is 29.2 Å². The second-order valence-electron chi connectivity index (χ2n) is 14.2. The molecule has 3 aromatic rings. The average Bonchev–Trinajstić information content (AvgIpc) is 3.63. The number of hydrogen-bond donors (Lipinski definition) is 0. The number of aromatic nitrogens is 3. The molecule has 3 aliphatic rings. The molecule has 0 bridgehead atoms. The lowest BCUT2D eigenvalue weighted by Gasteiger charge is -2.47. The van der Waals surface area contributed by atoms with Crippen LogP contribution in [0, 0.1) is 12.3 Å². The maximum absolute atomic E-state index is 14.3. The number of imidazole rings is 1. The number of likely N-dealkylation sites (N-methyl/N-ethyl adjacent to an activating group) is 1. The number of likely N-dealkylation sites (tertiary alicyclic amines) is 1. The quantitative estimate of drug-likeness (QED) is 0.104. The van der Waals surface area contributed by atoms with Crippen molar-refractivity contribution in [2.24, 2.45) is 0 Å². The fourth-order valence-electron chi connectivity index (χ4n) is 7.37. The normalized spacial score (nSPS) is 16.9. The van der Waals surface area contributed by atoms with E-state index in [9.17, 15) is 9.59 Å². The van der Waals surface area contributed by atoms with Crippen molar-refractivity contribution in [3.63, 3.8) is 0 Å². The molecular weight excluding hydrogens is 726 g/mol. The Morgan fingerprint density at radius 3 is 2.25 bits per heavy atom. The minimum absolute atomic E-state index is 0.00942. The van der Waals surface area contributed by atoms with Gasteiger partial charge >= 0.3 is 0 Å². The Morgan fingerprint density at radius 1 is 0.891 bits per heavy atom. The molecular formula is C40H54ClN7O7. The van der Waals surface area contributed by atoms with Crippen molar-refractivity contribution in [3.05, 3.63) is 53.1 Å². The molecule has 0 atom stereocenters. The predicted molar refractivity (Wildman–Crippen MR) is 209 cm³/mol. The minimum Gasteiger partial charge on any atom is -0.379 e. The molecule has 3 aliphatic heterocycles. The minimum atomic E-state index is -0.760. The van der Waals surface area contributed by atoms with Gasteiger partial charge in [0.05, 0.1) is 82.3 Å². The van der Waals surface area contributed by atoms with Gasteiger partial charge in [-0.25, -0.2) is 4.98 Å². The Balaban J connectivity index is 0.951. The summed E-state index contributed by atoms with van der Waals surface area (Å²) in [5.74, 6) is 3.28. The number of ether oxygens (including phenoxy) is 5. The van der Waals surface area contributed by atoms with E-state index in [2.05, 4.69) is 32.3 Å². The Hall–Kier alpha value is -3.65. The molecule has 1 spiro atoms. The molecule has 2 aromatic heterocycles. The maximum Gasteiger partial charge on any atom is 0.241 e. The van der Waals surface area contributed by atoms with E-state index in [1.807, 2.05) is 29.2 Å². The van der Waals surface area contributed by atoms with E-state index in [-0.39, 0.29) is 18.4 Å². The summed E-state index contributed by atoms with van der Waals surface area (Å²) in [4.78, 5) is 45.2. The van der Waals surface area contributed by atoms with Gasteiger partial charge in [-0.3, -0.25) is 14.6 Å². The van der Waals surface area contributed by atoms with E-state index in [4.69, 9.17) is 46.7 Å². The summed E-state index contributed by atoms with van der Waals surface area (Å²) in [6, 6.07) is 7.64. The monoisotopic (exact) mass is 779 g/mol. The van der Waals surface area contributed by atoms with Crippen LogP contribution in [-0.2, 0) is 51.8 Å². The van der Waals surface area contributed by atoms with Crippen LogP contribution in [0.5, 0.6) is 0 Å². The average molecular weight is 780 g/mol. The van der Waals surface area contributed by atoms with Crippen molar-refractivity contribution < 1.29 is 33.3 Å². The molecule has 0 saturated carbocycles. The van der Waals surface area contributed by atoms with Gasteiger partial charge in [-0.05, 0) is 49.7 Å². The standard InChI is InChI=1S/C40H54ClN7O7/c1-3-17-51-19-21-53-23-25-55-26-24-54-22-20-52-18-5-4-11-47-35-7-6-32(41)27-34(35)43-37(47)29-48-36-28-42-10-8-33(36)40(39(48)50)30-46(31-40)38(49)9-12-45-15-13-44(2)14-16-45/h1,6-8,10,27-28H,4-5,9,11-26,29-31H2,2H3. The third-order valence-corrected chi connectivity index (χ3v) is 10.7. The van der Waals surface area contributed by atoms with Crippen LogP contribution < -0.4 is 4.90 Å². The van der Waals surface area contributed by atoms with E-state index in [0.717, 1.165) is 73.7 Å². The maximum atomic E-state index is 14.3. The highest BCUT2D eigenvalue weighted by Gasteiger charge is 2.59. The summed E-state index contributed by atoms with van der Waals surface area (Å²) in [6.45, 7) is 11.3. The Labute approximate surface area is 328 Å². The second kappa shape index (κ2) is 20.5. The van der Waals surface area contributed by atoms with E-state index in [1.54, 1.807) is 17.3 Å². The summed E-state index contributed by atoms with van der Waals surface area (Å²) in [6.07, 6.45) is 10.8. The highest BCUT2D eigenvalue weighted by molar-refractivity contribution is 6.31. The summed E-state index contributed by atoms with van der Waals surface area (Å²) < 4.78 is 29.7. The Kier molecular flexibility index (Phi) is 15.3. The Bertz CT molecular complexity index is 1750. The number of terminal acetylenes is 1. The van der Waals surface area contributed by atoms with Gasteiger partial charge in [0.1, 0.15) is 17.8 Å². The smallest absolute Gasteiger partial charge is 0.241 e. The predicted octanol–water partition coefficient (Wildman–Crippen LogP) is 2.85. The van der Waals surface area contributed by atoms with E-state index >= 15 is 0 Å². The molecule has 5 heterocycles. The first-order chi connectivity index (χ1) is 26.9. The lowest BCUT2D eigenvalue weighted by molar-refractivity contribution is -0.144. The van der Waals surface area contributed by atoms with Gasteiger partial charge in [-0.2, -0.15) is 0 Å². The molecule has 298 valence electrons. The van der Waals surface area contributed by atoms with E-state index in [0.29, 0.717) is 97.1 Å². The van der Waals surface area contributed by atoms with Gasteiger partial charge in [0.25, 0.3) is 0 Å². The van der Waals surface area contributed by atoms with Crippen LogP contribution in [0.15, 0.2) is 36.7 Å². The SMILES string of the molecule is C#CCOCCOCCOCCOCCOCCCCn1c(CN2C(=O)C3(CN(C(=O)CCN4CCN(C)CC4)C3)c3ccncc32)nc2cc(Cl)ccc21. The van der Waals surface area contributed by atoms with Crippen LogP contribution in [0.3, 0.4) is 0 Å². The molecule has 2 fully saturated rings. The van der Waals surface area contributed by atoms with Crippen LogP contribution in [0.25, 0.3) is 11.0 Å². The summed E-state index contributed by atoms with van der Waals surface area (Å²) in [5, 5.41) is 0.607. The molecule has 55 heavy (non-hydrogen) atoms. The number of benzene rings is 1. The molecule has 0 N–H and O–H groups in total. The number of carbonyl (C=O) groups excluding carboxylic acids is 2. The third kappa shape index (κ3) is 10.6. The van der Waals surface area contributed by atoms with Gasteiger partial charge in [0.15, 0.2) is 0 Å². The lowest BCUT2D eigenvalue weighted by Crippen LogP contribution is -2.65. The first-order valence-electron chi connectivity index (χ1n) is 19.3. The highest BCUT2D eigenvalue weighted by atomic mass is 35.5. The molecule has 2 saturated heterocycles. The molecule has 14 nitrogen and oxygen atoms in total. The molecule has 2 amide bonds. The molecule has 0 aliphatic carbocycles. The molecule has 1 aromatic carbocycles. The molecule has 15 heteroatoms. The highest BCUT2D eigenvalue weighted by Crippen LogP contribution is 2.47. The first-order valence-corrected chi connectivity index (χ1v) is 19.7. The number of carbonyl (C=O) groups is 2. The zero-order valence-electron chi connectivity index (χ0n) is 32.0. The van der Waals surface area contributed by atoms with Gasteiger partial charge in [0.2, 0.25) is 11.8 Å². The molecule has 0 unspecified atom stereocenters. The fourth-order valence-corrected chi connectivity index (χ4v) is 7.53. The van der Waals surface area contributed by atoms with Crippen LogP contribution in [0.4, 0.5) is 5.69 Å². The third-order valence-electron chi connectivity index (χ3n) is 10.5. The summed E-state index contributed by atoms with van der Waals surface area (Å²) in [5.41, 5.74) is 2.70. The van der Waals surface area contributed by atoms with Crippen LogP contribution in [-0.4, -0.2) is 160 Å². The Morgan fingerprint density at radius 2 is 1.56 bits per heavy atom. The number of amides is 2. The molecule has 6 rings (SSSR count). The van der Waals surface area contributed by atoms with Gasteiger partial charge in [0, 0.05) is 76.6 Å². The van der Waals surface area contributed by atoms with Crippen molar-refractivity contribution >= 4 is 40.1 Å². The van der Waals surface area contributed by atoms with Gasteiger partial charge < -0.3 is 47.9 Å². The zero-order valence-corrected chi connectivity index (χ0v) is 32.7. The van der Waals surface area contributed by atoms with Crippen molar-refractivity contribution in [1.29, 1.82) is 0 Å². The van der Waals surface area contributed by atoms with Crippen LogP contribution in [0.2, 0.25) is 5.02 Å². The number of aryl methyl sites for hydroxylation is 1. The van der Waals surface area contributed by atoms with Crippen molar-refractivity contribution in [2.75, 3.05) is 124 Å². The number of unbranched alkanes of at least 4 members (excludes halogenated alkanes) is 1. The number of rotatable bonds is 23. The van der Waals surface area contributed by atoms with Gasteiger partial charge in [-0.1, -0.05) is 17.5 Å². The number of hydrogen-bond acceptors (Lipinski definition) is 11. The zero-order chi connectivity index (χ0) is 38.5. The second-order valence-corrected chi connectivity index (χ2v) is 14.7. The van der Waals surface area contributed by atoms with Crippen LogP contribution in [0.1, 0.15) is 30.7 Å². The fraction of sp³-hybridized carbons (Fsp3) is 0.600. The van der Waals surface area contributed by atoms with Crippen molar-refractivity contribution in [2.45, 2.75) is 37.8 Å². The first kappa shape index (κ1) is 41.0. The van der Waals surface area contributed by atoms with E-state index in [1.165, 1.54) is 0 Å². The number of nitrogens with zero attached hydrogens (tertiary/aromatic N) is 7. The number of anilines is 1. The molecule has 0 radical (unpaired) electrons. The summed E-state index contributed by atoms with van der Waals surface area (Å²) >= 11 is 6.37. The largest absolute Gasteiger partial charge is 0.379 e. The number of piperazine rings is 1. The van der Waals surface area contributed by atoms with Crippen molar-refractivity contribution in [3.8, 4) is 12.3 Å². The topological polar surface area (TPSA) is 124 Å². The number of pyridine rings is 1. The summed E-state index contributed by atoms with van der Waals surface area (Å²) in [7, 11) is 2.13. The number of fused-ring (bicyclic) bond motifs is 3. The van der Waals surface area contributed by atoms with E-state index < -0.39 is 5.41 Å². The van der Waals surface area contributed by atoms with Crippen LogP contribution >= 0.6 is 11.6 Å².